The summed E-state index contributed by atoms with van der Waals surface area (Å²) in [6.07, 6.45) is 1.23. The van der Waals surface area contributed by atoms with Gasteiger partial charge in [-0.15, -0.1) is 0 Å². The monoisotopic (exact) mass is 344 g/mol. The van der Waals surface area contributed by atoms with Gasteiger partial charge in [0.25, 0.3) is 0 Å². The van der Waals surface area contributed by atoms with Crippen molar-refractivity contribution >= 4 is 28.8 Å². The molecule has 0 bridgehead atoms. The molecular formula is C16H20N6O3. The molecule has 25 heavy (non-hydrogen) atoms. The van der Waals surface area contributed by atoms with Gasteiger partial charge in [0.1, 0.15) is 6.33 Å². The molecule has 1 aromatic carbocycles. The van der Waals surface area contributed by atoms with Gasteiger partial charge in [-0.05, 0) is 52.0 Å². The molecule has 0 unspecified atom stereocenters. The van der Waals surface area contributed by atoms with Crippen molar-refractivity contribution in [3.05, 3.63) is 46.3 Å². The van der Waals surface area contributed by atoms with E-state index in [1.165, 1.54) is 13.3 Å². The van der Waals surface area contributed by atoms with Gasteiger partial charge in [0.2, 0.25) is 11.6 Å². The maximum atomic E-state index is 11.5. The van der Waals surface area contributed by atoms with Crippen LogP contribution in [0.1, 0.15) is 38.1 Å². The third-order valence-electron chi connectivity index (χ3n) is 3.11. The first kappa shape index (κ1) is 18.3. The summed E-state index contributed by atoms with van der Waals surface area (Å²) in [6, 6.07) is 6.59. The van der Waals surface area contributed by atoms with E-state index in [0.29, 0.717) is 11.3 Å². The van der Waals surface area contributed by atoms with Gasteiger partial charge >= 0.3 is 5.69 Å². The molecule has 1 aromatic heterocycles. The number of carbonyl (C=O) groups excluding carboxylic acids is 1. The van der Waals surface area contributed by atoms with Gasteiger partial charge in [-0.1, -0.05) is 0 Å². The Morgan fingerprint density at radius 1 is 1.12 bits per heavy atom. The molecule has 2 aromatic rings. The van der Waals surface area contributed by atoms with Gasteiger partial charge in [-0.3, -0.25) is 20.3 Å². The number of hydrogen-bond acceptors (Lipinski definition) is 8. The van der Waals surface area contributed by atoms with Gasteiger partial charge in [0.05, 0.1) is 4.92 Å². The largest absolute Gasteiger partial charge is 0.354 e. The highest BCUT2D eigenvalue weighted by Crippen LogP contribution is 2.31. The van der Waals surface area contributed by atoms with E-state index >= 15 is 0 Å². The van der Waals surface area contributed by atoms with Crippen LogP contribution in [0.4, 0.5) is 23.0 Å². The molecule has 2 rings (SSSR count). The number of nitrogens with zero attached hydrogens (tertiary/aromatic N) is 3. The van der Waals surface area contributed by atoms with Crippen LogP contribution in [-0.2, 0) is 0 Å². The first-order valence-electron chi connectivity index (χ1n) is 7.58. The number of nitro groups is 1. The number of ketones is 1. The van der Waals surface area contributed by atoms with Crippen LogP contribution in [0.5, 0.6) is 0 Å². The summed E-state index contributed by atoms with van der Waals surface area (Å²) in [6.45, 7) is 7.19. The highest BCUT2D eigenvalue weighted by Gasteiger charge is 2.24. The Labute approximate surface area is 145 Å². The number of aromatic nitrogens is 2. The van der Waals surface area contributed by atoms with Crippen LogP contribution in [0, 0.1) is 10.1 Å². The van der Waals surface area contributed by atoms with Gasteiger partial charge in [-0.2, -0.15) is 0 Å². The molecule has 1 heterocycles. The van der Waals surface area contributed by atoms with Crippen molar-refractivity contribution in [2.24, 2.45) is 0 Å². The Balaban J connectivity index is 2.30. The van der Waals surface area contributed by atoms with Gasteiger partial charge in [-0.25, -0.2) is 15.4 Å². The van der Waals surface area contributed by atoms with Crippen LogP contribution >= 0.6 is 0 Å². The topological polar surface area (TPSA) is 122 Å². The fourth-order valence-electron chi connectivity index (χ4n) is 1.91. The number of hydrazine groups is 1. The van der Waals surface area contributed by atoms with Crippen LogP contribution in [0.3, 0.4) is 0 Å². The Morgan fingerprint density at radius 3 is 2.24 bits per heavy atom. The highest BCUT2D eigenvalue weighted by atomic mass is 16.6. The number of hydrogen-bond donors (Lipinski definition) is 3. The lowest BCUT2D eigenvalue weighted by Crippen LogP contribution is -2.40. The van der Waals surface area contributed by atoms with E-state index < -0.39 is 4.92 Å². The maximum Gasteiger partial charge on any atom is 0.354 e. The number of Topliss-reactive ketones (excluding diaryl/α,β-unsaturated/α-hetero) is 1. The quantitative estimate of drug-likeness (QED) is 0.415. The minimum atomic E-state index is -0.557. The fraction of sp³-hybridized carbons (Fsp3) is 0.312. The van der Waals surface area contributed by atoms with Crippen molar-refractivity contribution < 1.29 is 9.72 Å². The van der Waals surface area contributed by atoms with E-state index in [0.717, 1.165) is 0 Å². The predicted octanol–water partition coefficient (Wildman–Crippen LogP) is 3.05. The van der Waals surface area contributed by atoms with Crippen molar-refractivity contribution in [1.29, 1.82) is 0 Å². The normalized spacial score (nSPS) is 11.0. The molecule has 0 amide bonds. The van der Waals surface area contributed by atoms with E-state index in [-0.39, 0.29) is 28.6 Å². The van der Waals surface area contributed by atoms with Gasteiger partial charge in [0, 0.05) is 16.8 Å². The Kier molecular flexibility index (Phi) is 5.28. The van der Waals surface area contributed by atoms with Crippen LogP contribution < -0.4 is 16.2 Å². The zero-order valence-corrected chi connectivity index (χ0v) is 14.5. The third-order valence-corrected chi connectivity index (χ3v) is 3.11. The second-order valence-corrected chi connectivity index (χ2v) is 6.44. The number of benzene rings is 1. The molecule has 0 aliphatic carbocycles. The molecule has 0 atom stereocenters. The Morgan fingerprint density at radius 2 is 1.72 bits per heavy atom. The number of anilines is 3. The lowest BCUT2D eigenvalue weighted by atomic mass is 10.1. The molecular weight excluding hydrogens is 324 g/mol. The lowest BCUT2D eigenvalue weighted by Gasteiger charge is -2.21. The van der Waals surface area contributed by atoms with E-state index in [2.05, 4.69) is 26.1 Å². The van der Waals surface area contributed by atoms with Crippen LogP contribution in [0.2, 0.25) is 0 Å². The lowest BCUT2D eigenvalue weighted by molar-refractivity contribution is -0.383. The summed E-state index contributed by atoms with van der Waals surface area (Å²) in [5, 5.41) is 14.4. The first-order chi connectivity index (χ1) is 11.7. The number of nitrogens with one attached hydrogen (secondary N) is 3. The summed E-state index contributed by atoms with van der Waals surface area (Å²) in [5.41, 5.74) is 6.22. The number of carbonyl (C=O) groups is 1. The smallest absolute Gasteiger partial charge is 0.334 e. The van der Waals surface area contributed by atoms with Crippen LogP contribution in [0.15, 0.2) is 30.6 Å². The summed E-state index contributed by atoms with van der Waals surface area (Å²) in [4.78, 5) is 30.1. The zero-order chi connectivity index (χ0) is 18.6. The average molecular weight is 344 g/mol. The standard InChI is InChI=1S/C16H20N6O3/c1-10(23)11-5-7-12(8-6-11)19-14-13(22(24)25)15(18-9-17-14)20-21-16(2,3)4/h5-9,21H,1-4H3,(H2,17,18,19,20). The van der Waals surface area contributed by atoms with Crippen molar-refractivity contribution in [1.82, 2.24) is 15.4 Å². The van der Waals surface area contributed by atoms with Crippen LogP contribution in [-0.4, -0.2) is 26.2 Å². The van der Waals surface area contributed by atoms with E-state index in [9.17, 15) is 14.9 Å². The Hall–Kier alpha value is -3.07. The molecule has 0 radical (unpaired) electrons. The maximum absolute atomic E-state index is 11.5. The van der Waals surface area contributed by atoms with E-state index in [1.807, 2.05) is 20.8 Å². The summed E-state index contributed by atoms with van der Waals surface area (Å²) in [7, 11) is 0. The highest BCUT2D eigenvalue weighted by molar-refractivity contribution is 5.94. The molecule has 0 fully saturated rings. The predicted molar refractivity (Wildman–Crippen MR) is 94.9 cm³/mol. The minimum Gasteiger partial charge on any atom is -0.334 e. The average Bonchev–Trinajstić information content (AvgIpc) is 2.52. The molecule has 0 aliphatic rings. The van der Waals surface area contributed by atoms with Crippen LogP contribution in [0.25, 0.3) is 0 Å². The molecule has 3 N–H and O–H groups in total. The fourth-order valence-corrected chi connectivity index (χ4v) is 1.91. The summed E-state index contributed by atoms with van der Waals surface area (Å²) in [5.74, 6) is 0.0471. The van der Waals surface area contributed by atoms with Crippen molar-refractivity contribution in [3.63, 3.8) is 0 Å². The van der Waals surface area contributed by atoms with Crippen molar-refractivity contribution in [3.8, 4) is 0 Å². The summed E-state index contributed by atoms with van der Waals surface area (Å²) < 4.78 is 0. The Bertz CT molecular complexity index is 783. The molecule has 132 valence electrons. The molecule has 0 saturated carbocycles. The second kappa shape index (κ2) is 7.22. The number of rotatable bonds is 6. The molecule has 0 saturated heterocycles. The molecule has 0 aliphatic heterocycles. The second-order valence-electron chi connectivity index (χ2n) is 6.44. The molecule has 9 nitrogen and oxygen atoms in total. The van der Waals surface area contributed by atoms with E-state index in [1.54, 1.807) is 24.3 Å². The van der Waals surface area contributed by atoms with Crippen molar-refractivity contribution in [2.75, 3.05) is 10.7 Å². The first-order valence-corrected chi connectivity index (χ1v) is 7.58. The third kappa shape index (κ3) is 4.95. The minimum absolute atomic E-state index is 0.0498. The van der Waals surface area contributed by atoms with Gasteiger partial charge < -0.3 is 5.32 Å². The van der Waals surface area contributed by atoms with E-state index in [4.69, 9.17) is 0 Å². The zero-order valence-electron chi connectivity index (χ0n) is 14.5. The molecule has 9 heteroatoms. The summed E-state index contributed by atoms with van der Waals surface area (Å²) >= 11 is 0. The molecule has 0 spiro atoms. The van der Waals surface area contributed by atoms with Crippen molar-refractivity contribution in [2.45, 2.75) is 33.2 Å². The SMILES string of the molecule is CC(=O)c1ccc(Nc2ncnc(NNC(C)(C)C)c2[N+](=O)[O-])cc1. The van der Waals surface area contributed by atoms with Gasteiger partial charge in [0.15, 0.2) is 5.78 Å².